The number of para-hydroxylation sites is 2. The smallest absolute Gasteiger partial charge is 0.328 e. The van der Waals surface area contributed by atoms with E-state index >= 15 is 0 Å². The maximum Gasteiger partial charge on any atom is 0.328 e. The maximum atomic E-state index is 13.2. The van der Waals surface area contributed by atoms with E-state index in [1.165, 1.54) is 24.3 Å². The van der Waals surface area contributed by atoms with Crippen molar-refractivity contribution in [2.24, 2.45) is 0 Å². The zero-order chi connectivity index (χ0) is 25.9. The standard InChI is InChI=1S/C25H23N3O7S/c1-27(36(33,34)19-13-11-18(12-14-19)35-17-7-3-2-4-8-17)22(24(30)31)15-16-28-23(29)20-9-5-6-10-21(20)26-25(28)32/h2-14,22H,15-16H2,1H3,(H,26,32)(H,30,31). The Balaban J connectivity index is 1.54. The molecule has 2 N–H and O–H groups in total. The second kappa shape index (κ2) is 10.2. The summed E-state index contributed by atoms with van der Waals surface area (Å²) in [4.78, 5) is 39.6. The van der Waals surface area contributed by atoms with Crippen molar-refractivity contribution in [3.05, 3.63) is 99.7 Å². The van der Waals surface area contributed by atoms with Gasteiger partial charge in [-0.1, -0.05) is 30.3 Å². The van der Waals surface area contributed by atoms with Crippen LogP contribution < -0.4 is 16.0 Å². The SMILES string of the molecule is CN(C(CCn1c(=O)[nH]c2ccccc2c1=O)C(=O)O)S(=O)(=O)c1ccc(Oc2ccccc2)cc1. The van der Waals surface area contributed by atoms with Gasteiger partial charge in [-0.2, -0.15) is 4.31 Å². The largest absolute Gasteiger partial charge is 0.480 e. The van der Waals surface area contributed by atoms with Crippen LogP contribution in [0.1, 0.15) is 6.42 Å². The first kappa shape index (κ1) is 24.9. The minimum Gasteiger partial charge on any atom is -0.480 e. The number of carbonyl (C=O) groups is 1. The number of H-pyrrole nitrogens is 1. The van der Waals surface area contributed by atoms with Crippen LogP contribution >= 0.6 is 0 Å². The van der Waals surface area contributed by atoms with E-state index in [-0.39, 0.29) is 23.2 Å². The molecule has 0 aliphatic heterocycles. The molecule has 0 amide bonds. The highest BCUT2D eigenvalue weighted by Gasteiger charge is 2.33. The summed E-state index contributed by atoms with van der Waals surface area (Å²) in [5, 5.41) is 10.0. The van der Waals surface area contributed by atoms with Gasteiger partial charge >= 0.3 is 11.7 Å². The number of benzene rings is 3. The maximum absolute atomic E-state index is 13.2. The second-order valence-electron chi connectivity index (χ2n) is 7.98. The van der Waals surface area contributed by atoms with Gasteiger partial charge in [0.2, 0.25) is 10.0 Å². The van der Waals surface area contributed by atoms with Gasteiger partial charge in [0.05, 0.1) is 15.8 Å². The van der Waals surface area contributed by atoms with Gasteiger partial charge in [-0.3, -0.25) is 14.2 Å². The van der Waals surface area contributed by atoms with Crippen LogP contribution in [-0.4, -0.2) is 46.4 Å². The molecule has 36 heavy (non-hydrogen) atoms. The Morgan fingerprint density at radius 2 is 1.58 bits per heavy atom. The third-order valence-electron chi connectivity index (χ3n) is 5.72. The van der Waals surface area contributed by atoms with Crippen LogP contribution in [-0.2, 0) is 21.4 Å². The molecule has 1 aromatic heterocycles. The Morgan fingerprint density at radius 1 is 0.972 bits per heavy atom. The number of nitrogens with one attached hydrogen (secondary N) is 1. The number of ether oxygens (including phenoxy) is 1. The summed E-state index contributed by atoms with van der Waals surface area (Å²) in [5.74, 6) is -0.419. The third kappa shape index (κ3) is 5.07. The van der Waals surface area contributed by atoms with Crippen LogP contribution in [0.15, 0.2) is 93.3 Å². The number of carboxylic acid groups (broad SMARTS) is 1. The molecule has 11 heteroatoms. The molecule has 0 aliphatic rings. The average Bonchev–Trinajstić information content (AvgIpc) is 2.86. The lowest BCUT2D eigenvalue weighted by Gasteiger charge is -2.24. The Hall–Kier alpha value is -4.22. The lowest BCUT2D eigenvalue weighted by Crippen LogP contribution is -2.44. The van der Waals surface area contributed by atoms with E-state index in [1.54, 1.807) is 48.5 Å². The summed E-state index contributed by atoms with van der Waals surface area (Å²) >= 11 is 0. The molecule has 0 bridgehead atoms. The molecule has 1 unspecified atom stereocenters. The Labute approximate surface area is 206 Å². The minimum atomic E-state index is -4.21. The van der Waals surface area contributed by atoms with Crippen LogP contribution in [0.25, 0.3) is 10.9 Å². The number of rotatable bonds is 9. The highest BCUT2D eigenvalue weighted by Crippen LogP contribution is 2.25. The van der Waals surface area contributed by atoms with Crippen molar-refractivity contribution in [2.75, 3.05) is 7.05 Å². The molecule has 0 fully saturated rings. The lowest BCUT2D eigenvalue weighted by atomic mass is 10.2. The molecule has 0 radical (unpaired) electrons. The van der Waals surface area contributed by atoms with Gasteiger partial charge in [-0.15, -0.1) is 0 Å². The van der Waals surface area contributed by atoms with Gasteiger partial charge in [0.15, 0.2) is 0 Å². The first-order valence-corrected chi connectivity index (χ1v) is 12.4. The normalized spacial score (nSPS) is 12.5. The Kier molecular flexibility index (Phi) is 7.04. The fourth-order valence-corrected chi connectivity index (χ4v) is 5.10. The first-order valence-electron chi connectivity index (χ1n) is 10.9. The van der Waals surface area contributed by atoms with E-state index < -0.39 is 33.3 Å². The van der Waals surface area contributed by atoms with Gasteiger partial charge in [0.25, 0.3) is 5.56 Å². The quantitative estimate of drug-likeness (QED) is 0.354. The van der Waals surface area contributed by atoms with Gasteiger partial charge in [-0.05, 0) is 55.0 Å². The molecule has 1 heterocycles. The highest BCUT2D eigenvalue weighted by molar-refractivity contribution is 7.89. The topological polar surface area (TPSA) is 139 Å². The molecular weight excluding hydrogens is 486 g/mol. The van der Waals surface area contributed by atoms with Crippen molar-refractivity contribution in [3.8, 4) is 11.5 Å². The fraction of sp³-hybridized carbons (Fsp3) is 0.160. The predicted octanol–water partition coefficient (Wildman–Crippen LogP) is 2.65. The number of nitrogens with zero attached hydrogens (tertiary/aromatic N) is 2. The van der Waals surface area contributed by atoms with Crippen molar-refractivity contribution in [2.45, 2.75) is 23.9 Å². The molecular formula is C25H23N3O7S. The molecule has 10 nitrogen and oxygen atoms in total. The molecule has 4 aromatic rings. The predicted molar refractivity (Wildman–Crippen MR) is 133 cm³/mol. The van der Waals surface area contributed by atoms with E-state index in [4.69, 9.17) is 4.74 Å². The summed E-state index contributed by atoms with van der Waals surface area (Å²) in [6.07, 6.45) is -0.304. The van der Waals surface area contributed by atoms with Crippen LogP contribution in [0.4, 0.5) is 0 Å². The van der Waals surface area contributed by atoms with Crippen molar-refractivity contribution < 1.29 is 23.1 Å². The van der Waals surface area contributed by atoms with Gasteiger partial charge in [0, 0.05) is 13.6 Å². The minimum absolute atomic E-state index is 0.127. The first-order chi connectivity index (χ1) is 17.2. The third-order valence-corrected chi connectivity index (χ3v) is 7.60. The number of likely N-dealkylation sites (N-methyl/N-ethyl adjacent to an activating group) is 1. The van der Waals surface area contributed by atoms with E-state index in [0.29, 0.717) is 17.0 Å². The lowest BCUT2D eigenvalue weighted by molar-refractivity contribution is -0.141. The fourth-order valence-electron chi connectivity index (χ4n) is 3.75. The number of carboxylic acids is 1. The number of aliphatic carboxylic acids is 1. The number of aromatic amines is 1. The van der Waals surface area contributed by atoms with E-state index in [9.17, 15) is 27.9 Å². The number of sulfonamides is 1. The highest BCUT2D eigenvalue weighted by atomic mass is 32.2. The average molecular weight is 510 g/mol. The Morgan fingerprint density at radius 3 is 2.25 bits per heavy atom. The number of hydrogen-bond donors (Lipinski definition) is 2. The van der Waals surface area contributed by atoms with Crippen molar-refractivity contribution in [1.29, 1.82) is 0 Å². The zero-order valence-electron chi connectivity index (χ0n) is 19.2. The van der Waals surface area contributed by atoms with Crippen molar-refractivity contribution >= 4 is 26.9 Å². The molecule has 0 saturated carbocycles. The van der Waals surface area contributed by atoms with E-state index in [2.05, 4.69) is 4.98 Å². The summed E-state index contributed by atoms with van der Waals surface area (Å²) in [6, 6.07) is 19.4. The summed E-state index contributed by atoms with van der Waals surface area (Å²) in [7, 11) is -3.06. The van der Waals surface area contributed by atoms with Gasteiger partial charge < -0.3 is 14.8 Å². The van der Waals surface area contributed by atoms with Gasteiger partial charge in [0.1, 0.15) is 17.5 Å². The summed E-state index contributed by atoms with van der Waals surface area (Å²) in [6.45, 7) is -0.292. The number of fused-ring (bicyclic) bond motifs is 1. The van der Waals surface area contributed by atoms with Crippen LogP contribution in [0.5, 0.6) is 11.5 Å². The van der Waals surface area contributed by atoms with Crippen molar-refractivity contribution in [3.63, 3.8) is 0 Å². The van der Waals surface area contributed by atoms with Crippen LogP contribution in [0.3, 0.4) is 0 Å². The monoisotopic (exact) mass is 509 g/mol. The zero-order valence-corrected chi connectivity index (χ0v) is 20.0. The Bertz CT molecular complexity index is 1610. The van der Waals surface area contributed by atoms with Crippen molar-refractivity contribution in [1.82, 2.24) is 13.9 Å². The number of hydrogen-bond acceptors (Lipinski definition) is 6. The van der Waals surface area contributed by atoms with E-state index in [1.807, 2.05) is 6.07 Å². The molecule has 0 spiro atoms. The molecule has 3 aromatic carbocycles. The molecule has 1 atom stereocenters. The van der Waals surface area contributed by atoms with E-state index in [0.717, 1.165) is 15.9 Å². The molecule has 4 rings (SSSR count). The van der Waals surface area contributed by atoms with Crippen LogP contribution in [0.2, 0.25) is 0 Å². The summed E-state index contributed by atoms with van der Waals surface area (Å²) < 4.78 is 33.6. The van der Waals surface area contributed by atoms with Crippen LogP contribution in [0, 0.1) is 0 Å². The number of aromatic nitrogens is 2. The summed E-state index contributed by atoms with van der Waals surface area (Å²) in [5.41, 5.74) is -0.932. The van der Waals surface area contributed by atoms with Gasteiger partial charge in [-0.25, -0.2) is 13.2 Å². The molecule has 0 saturated heterocycles. The second-order valence-corrected chi connectivity index (χ2v) is 9.98. The molecule has 186 valence electrons. The molecule has 0 aliphatic carbocycles.